The highest BCUT2D eigenvalue weighted by molar-refractivity contribution is 6.02. The second-order valence-electron chi connectivity index (χ2n) is 5.97. The van der Waals surface area contributed by atoms with Crippen LogP contribution in [-0.2, 0) is 0 Å². The van der Waals surface area contributed by atoms with Gasteiger partial charge in [0.15, 0.2) is 17.3 Å². The van der Waals surface area contributed by atoms with Gasteiger partial charge in [-0.15, -0.1) is 10.2 Å². The molecule has 0 aliphatic carbocycles. The van der Waals surface area contributed by atoms with Crippen molar-refractivity contribution in [2.45, 2.75) is 13.8 Å². The molecular weight excluding hydrogens is 356 g/mol. The van der Waals surface area contributed by atoms with Crippen LogP contribution in [0.4, 0.5) is 17.2 Å². The molecule has 7 nitrogen and oxygen atoms in total. The number of benzene rings is 2. The molecule has 0 bridgehead atoms. The number of nitrogens with zero attached hydrogens (tertiary/aromatic N) is 2. The molecule has 0 fully saturated rings. The number of hydrogen-bond acceptors (Lipinski definition) is 6. The van der Waals surface area contributed by atoms with Crippen LogP contribution in [0.3, 0.4) is 0 Å². The van der Waals surface area contributed by atoms with E-state index in [1.807, 2.05) is 6.92 Å². The number of carbonyl (C=O) groups is 2. The summed E-state index contributed by atoms with van der Waals surface area (Å²) in [5.41, 5.74) is 2.25. The lowest BCUT2D eigenvalue weighted by atomic mass is 10.1. The largest absolute Gasteiger partial charge is 0.494 e. The second kappa shape index (κ2) is 8.77. The maximum absolute atomic E-state index is 12.3. The number of nitrogens with one attached hydrogen (secondary N) is 2. The van der Waals surface area contributed by atoms with Crippen molar-refractivity contribution >= 4 is 28.9 Å². The van der Waals surface area contributed by atoms with E-state index in [0.717, 1.165) is 11.4 Å². The molecule has 2 aromatic carbocycles. The molecule has 0 saturated heterocycles. The first kappa shape index (κ1) is 19.0. The van der Waals surface area contributed by atoms with Gasteiger partial charge in [0.05, 0.1) is 6.61 Å². The third-order valence-corrected chi connectivity index (χ3v) is 3.88. The second-order valence-corrected chi connectivity index (χ2v) is 5.97. The van der Waals surface area contributed by atoms with Gasteiger partial charge >= 0.3 is 0 Å². The molecule has 28 heavy (non-hydrogen) atoms. The van der Waals surface area contributed by atoms with Crippen molar-refractivity contribution in [3.05, 3.63) is 71.9 Å². The van der Waals surface area contributed by atoms with Gasteiger partial charge in [0, 0.05) is 16.9 Å². The number of ether oxygens (including phenoxy) is 1. The van der Waals surface area contributed by atoms with E-state index in [1.165, 1.54) is 6.92 Å². The lowest BCUT2D eigenvalue weighted by Gasteiger charge is -2.08. The molecule has 2 N–H and O–H groups in total. The molecule has 0 atom stereocenters. The average Bonchev–Trinajstić information content (AvgIpc) is 2.70. The van der Waals surface area contributed by atoms with Crippen LogP contribution in [0.15, 0.2) is 60.7 Å². The third kappa shape index (κ3) is 4.91. The van der Waals surface area contributed by atoms with Gasteiger partial charge in [-0.25, -0.2) is 0 Å². The Bertz CT molecular complexity index is 952. The van der Waals surface area contributed by atoms with Crippen LogP contribution in [0.5, 0.6) is 5.75 Å². The highest BCUT2D eigenvalue weighted by Crippen LogP contribution is 2.17. The Morgan fingerprint density at radius 2 is 1.57 bits per heavy atom. The van der Waals surface area contributed by atoms with Gasteiger partial charge in [-0.05, 0) is 74.5 Å². The predicted octanol–water partition coefficient (Wildman–Crippen LogP) is 4.07. The van der Waals surface area contributed by atoms with Crippen molar-refractivity contribution in [1.82, 2.24) is 10.2 Å². The van der Waals surface area contributed by atoms with Crippen molar-refractivity contribution < 1.29 is 14.3 Å². The number of anilines is 3. The van der Waals surface area contributed by atoms with E-state index in [2.05, 4.69) is 20.8 Å². The number of ketones is 1. The minimum Gasteiger partial charge on any atom is -0.494 e. The predicted molar refractivity (Wildman–Crippen MR) is 107 cm³/mol. The number of rotatable bonds is 7. The summed E-state index contributed by atoms with van der Waals surface area (Å²) in [6.07, 6.45) is 0. The minimum atomic E-state index is -0.353. The third-order valence-electron chi connectivity index (χ3n) is 3.88. The summed E-state index contributed by atoms with van der Waals surface area (Å²) < 4.78 is 5.37. The molecule has 0 radical (unpaired) electrons. The van der Waals surface area contributed by atoms with Gasteiger partial charge in [-0.2, -0.15) is 0 Å². The standard InChI is InChI=1S/C21H20N4O3/c1-3-28-18-10-8-17(9-11-18)23-21(27)19-12-13-20(25-24-19)22-16-6-4-15(5-7-16)14(2)26/h4-13H,3H2,1-2H3,(H,22,25)(H,23,27). The monoisotopic (exact) mass is 376 g/mol. The fraction of sp³-hybridized carbons (Fsp3) is 0.143. The van der Waals surface area contributed by atoms with Gasteiger partial charge in [-0.1, -0.05) is 0 Å². The first-order valence-electron chi connectivity index (χ1n) is 8.81. The van der Waals surface area contributed by atoms with Crippen molar-refractivity contribution in [2.24, 2.45) is 0 Å². The van der Waals surface area contributed by atoms with Crippen molar-refractivity contribution in [2.75, 3.05) is 17.2 Å². The zero-order valence-corrected chi connectivity index (χ0v) is 15.6. The Balaban J connectivity index is 1.61. The molecule has 0 aliphatic rings. The SMILES string of the molecule is CCOc1ccc(NC(=O)c2ccc(Nc3ccc(C(C)=O)cc3)nn2)cc1. The summed E-state index contributed by atoms with van der Waals surface area (Å²) in [5.74, 6) is 0.892. The maximum atomic E-state index is 12.3. The zero-order chi connectivity index (χ0) is 19.9. The molecule has 0 saturated carbocycles. The molecule has 7 heteroatoms. The fourth-order valence-electron chi connectivity index (χ4n) is 2.45. The molecular formula is C21H20N4O3. The van der Waals surface area contributed by atoms with Gasteiger partial charge in [0.25, 0.3) is 5.91 Å². The Hall–Kier alpha value is -3.74. The van der Waals surface area contributed by atoms with Gasteiger partial charge in [-0.3, -0.25) is 9.59 Å². The summed E-state index contributed by atoms with van der Waals surface area (Å²) in [7, 11) is 0. The molecule has 3 aromatic rings. The van der Waals surface area contributed by atoms with Crippen LogP contribution < -0.4 is 15.4 Å². The lowest BCUT2D eigenvalue weighted by Crippen LogP contribution is -2.14. The van der Waals surface area contributed by atoms with E-state index in [-0.39, 0.29) is 17.4 Å². The molecule has 0 unspecified atom stereocenters. The van der Waals surface area contributed by atoms with Crippen LogP contribution in [-0.4, -0.2) is 28.5 Å². The fourth-order valence-corrected chi connectivity index (χ4v) is 2.45. The smallest absolute Gasteiger partial charge is 0.276 e. The maximum Gasteiger partial charge on any atom is 0.276 e. The van der Waals surface area contributed by atoms with Crippen molar-refractivity contribution in [3.63, 3.8) is 0 Å². The Kier molecular flexibility index (Phi) is 5.96. The molecule has 3 rings (SSSR count). The normalized spacial score (nSPS) is 10.2. The number of hydrogen-bond donors (Lipinski definition) is 2. The first-order valence-corrected chi connectivity index (χ1v) is 8.81. The summed E-state index contributed by atoms with van der Waals surface area (Å²) in [4.78, 5) is 23.6. The van der Waals surface area contributed by atoms with Crippen LogP contribution in [0.25, 0.3) is 0 Å². The van der Waals surface area contributed by atoms with E-state index in [4.69, 9.17) is 4.74 Å². The van der Waals surface area contributed by atoms with E-state index >= 15 is 0 Å². The van der Waals surface area contributed by atoms with Crippen molar-refractivity contribution in [3.8, 4) is 5.75 Å². The van der Waals surface area contributed by atoms with E-state index in [9.17, 15) is 9.59 Å². The average molecular weight is 376 g/mol. The molecule has 142 valence electrons. The minimum absolute atomic E-state index is 0.00855. The van der Waals surface area contributed by atoms with Gasteiger partial charge in [0.1, 0.15) is 5.75 Å². The summed E-state index contributed by atoms with van der Waals surface area (Å²) in [6, 6.07) is 17.4. The van der Waals surface area contributed by atoms with Gasteiger partial charge in [0.2, 0.25) is 0 Å². The van der Waals surface area contributed by atoms with Crippen molar-refractivity contribution in [1.29, 1.82) is 0 Å². The van der Waals surface area contributed by atoms with E-state index in [0.29, 0.717) is 23.7 Å². The molecule has 1 amide bonds. The molecule has 1 heterocycles. The van der Waals surface area contributed by atoms with E-state index < -0.39 is 0 Å². The van der Waals surface area contributed by atoms with Crippen LogP contribution in [0, 0.1) is 0 Å². The summed E-state index contributed by atoms with van der Waals surface area (Å²) in [6.45, 7) is 4.02. The Morgan fingerprint density at radius 1 is 0.893 bits per heavy atom. The first-order chi connectivity index (χ1) is 13.5. The van der Waals surface area contributed by atoms with Crippen LogP contribution in [0.2, 0.25) is 0 Å². The molecule has 1 aromatic heterocycles. The van der Waals surface area contributed by atoms with E-state index in [1.54, 1.807) is 60.7 Å². The number of aromatic nitrogens is 2. The summed E-state index contributed by atoms with van der Waals surface area (Å²) >= 11 is 0. The summed E-state index contributed by atoms with van der Waals surface area (Å²) in [5, 5.41) is 13.8. The quantitative estimate of drug-likeness (QED) is 0.604. The lowest BCUT2D eigenvalue weighted by molar-refractivity contribution is 0.101. The Labute approximate surface area is 162 Å². The highest BCUT2D eigenvalue weighted by atomic mass is 16.5. The number of amides is 1. The van der Waals surface area contributed by atoms with Gasteiger partial charge < -0.3 is 15.4 Å². The van der Waals surface area contributed by atoms with Crippen LogP contribution >= 0.6 is 0 Å². The molecule has 0 spiro atoms. The Morgan fingerprint density at radius 3 is 2.14 bits per heavy atom. The highest BCUT2D eigenvalue weighted by Gasteiger charge is 2.09. The number of carbonyl (C=O) groups excluding carboxylic acids is 2. The molecule has 0 aliphatic heterocycles. The van der Waals surface area contributed by atoms with Crippen LogP contribution in [0.1, 0.15) is 34.7 Å². The number of Topliss-reactive ketones (excluding diaryl/α,β-unsaturated/α-hetero) is 1. The zero-order valence-electron chi connectivity index (χ0n) is 15.6. The topological polar surface area (TPSA) is 93.2 Å².